The number of benzene rings is 1. The van der Waals surface area contributed by atoms with E-state index in [1.807, 2.05) is 13.8 Å². The molecular weight excluding hydrogens is 298 g/mol. The molecule has 16 heavy (non-hydrogen) atoms. The molecule has 1 rings (SSSR count). The summed E-state index contributed by atoms with van der Waals surface area (Å²) in [5.41, 5.74) is 0.348. The Morgan fingerprint density at radius 3 is 2.62 bits per heavy atom. The van der Waals surface area contributed by atoms with E-state index in [0.717, 1.165) is 6.07 Å². The van der Waals surface area contributed by atoms with Gasteiger partial charge >= 0.3 is 6.03 Å². The van der Waals surface area contributed by atoms with E-state index in [1.165, 1.54) is 6.07 Å². The summed E-state index contributed by atoms with van der Waals surface area (Å²) in [4.78, 5) is 11.4. The topological polar surface area (TPSA) is 41.1 Å². The second-order valence-corrected chi connectivity index (χ2v) is 4.76. The predicted molar refractivity (Wildman–Crippen MR) is 66.4 cm³/mol. The maximum absolute atomic E-state index is 12.9. The lowest BCUT2D eigenvalue weighted by molar-refractivity contribution is 0.250. The van der Waals surface area contributed by atoms with Crippen molar-refractivity contribution in [3.8, 4) is 0 Å². The van der Waals surface area contributed by atoms with Gasteiger partial charge in [0.05, 0.1) is 10.7 Å². The van der Waals surface area contributed by atoms with Crippen molar-refractivity contribution in [1.82, 2.24) is 5.32 Å². The van der Waals surface area contributed by atoms with E-state index < -0.39 is 5.82 Å². The third-order valence-electron chi connectivity index (χ3n) is 1.67. The third-order valence-corrected chi connectivity index (χ3v) is 2.59. The Morgan fingerprint density at radius 1 is 1.50 bits per heavy atom. The first kappa shape index (κ1) is 13.3. The average molecular weight is 310 g/mol. The van der Waals surface area contributed by atoms with Crippen molar-refractivity contribution >= 4 is 39.2 Å². The van der Waals surface area contributed by atoms with Crippen molar-refractivity contribution in [2.45, 2.75) is 19.9 Å². The van der Waals surface area contributed by atoms with E-state index in [1.54, 1.807) is 0 Å². The molecule has 3 nitrogen and oxygen atoms in total. The lowest BCUT2D eigenvalue weighted by Crippen LogP contribution is -2.34. The minimum atomic E-state index is -0.466. The quantitative estimate of drug-likeness (QED) is 0.858. The summed E-state index contributed by atoms with van der Waals surface area (Å²) in [7, 11) is 0. The van der Waals surface area contributed by atoms with Crippen LogP contribution in [0.5, 0.6) is 0 Å². The lowest BCUT2D eigenvalue weighted by atomic mass is 10.3. The number of urea groups is 1. The van der Waals surface area contributed by atoms with E-state index >= 15 is 0 Å². The van der Waals surface area contributed by atoms with Gasteiger partial charge in [-0.1, -0.05) is 11.6 Å². The minimum Gasteiger partial charge on any atom is -0.336 e. The van der Waals surface area contributed by atoms with Crippen molar-refractivity contribution in [1.29, 1.82) is 0 Å². The Hall–Kier alpha value is -0.810. The van der Waals surface area contributed by atoms with Crippen LogP contribution in [-0.2, 0) is 0 Å². The second-order valence-electron chi connectivity index (χ2n) is 3.50. The SMILES string of the molecule is CC(C)NC(=O)Nc1c(Cl)cc(F)cc1Br. The van der Waals surface area contributed by atoms with Crippen LogP contribution in [0.1, 0.15) is 13.8 Å². The van der Waals surface area contributed by atoms with Gasteiger partial charge in [-0.05, 0) is 41.9 Å². The molecule has 6 heteroatoms. The average Bonchev–Trinajstić information content (AvgIpc) is 2.09. The van der Waals surface area contributed by atoms with Crippen LogP contribution in [0.25, 0.3) is 0 Å². The van der Waals surface area contributed by atoms with Crippen molar-refractivity contribution in [3.05, 3.63) is 27.4 Å². The largest absolute Gasteiger partial charge is 0.336 e. The molecular formula is C10H11BrClFN2O. The molecule has 0 heterocycles. The first-order valence-corrected chi connectivity index (χ1v) is 5.79. The van der Waals surface area contributed by atoms with Crippen LogP contribution >= 0.6 is 27.5 Å². The Bertz CT molecular complexity index is 389. The first-order chi connectivity index (χ1) is 7.40. The molecule has 88 valence electrons. The maximum atomic E-state index is 12.9. The highest BCUT2D eigenvalue weighted by Gasteiger charge is 2.11. The molecule has 0 aliphatic rings. The molecule has 1 aromatic rings. The Morgan fingerprint density at radius 2 is 2.12 bits per heavy atom. The second kappa shape index (κ2) is 5.50. The van der Waals surface area contributed by atoms with Gasteiger partial charge in [-0.15, -0.1) is 0 Å². The standard InChI is InChI=1S/C10H11BrClFN2O/c1-5(2)14-10(16)15-9-7(11)3-6(13)4-8(9)12/h3-5H,1-2H3,(H2,14,15,16). The highest BCUT2D eigenvalue weighted by atomic mass is 79.9. The van der Waals surface area contributed by atoms with Crippen molar-refractivity contribution in [2.75, 3.05) is 5.32 Å². The van der Waals surface area contributed by atoms with Crippen molar-refractivity contribution in [2.24, 2.45) is 0 Å². The fraction of sp³-hybridized carbons (Fsp3) is 0.300. The zero-order chi connectivity index (χ0) is 12.3. The van der Waals surface area contributed by atoms with E-state index in [9.17, 15) is 9.18 Å². The number of carbonyl (C=O) groups excluding carboxylic acids is 1. The Labute approximate surface area is 106 Å². The lowest BCUT2D eigenvalue weighted by Gasteiger charge is -2.12. The molecule has 0 unspecified atom stereocenters. The number of anilines is 1. The number of rotatable bonds is 2. The summed E-state index contributed by atoms with van der Waals surface area (Å²) in [6, 6.07) is 2.00. The van der Waals surface area contributed by atoms with Crippen molar-refractivity contribution < 1.29 is 9.18 Å². The predicted octanol–water partition coefficient (Wildman–Crippen LogP) is 3.77. The van der Waals surface area contributed by atoms with Gasteiger partial charge in [0.2, 0.25) is 0 Å². The van der Waals surface area contributed by atoms with E-state index in [2.05, 4.69) is 26.6 Å². The molecule has 0 spiro atoms. The van der Waals surface area contributed by atoms with Gasteiger partial charge < -0.3 is 10.6 Å². The van der Waals surface area contributed by atoms with Gasteiger partial charge in [-0.3, -0.25) is 0 Å². The summed E-state index contributed by atoms with van der Waals surface area (Å²) in [6.45, 7) is 3.67. The molecule has 2 N–H and O–H groups in total. The summed E-state index contributed by atoms with van der Waals surface area (Å²) in [5, 5.41) is 5.32. The van der Waals surface area contributed by atoms with Crippen LogP contribution in [0.4, 0.5) is 14.9 Å². The molecule has 0 saturated heterocycles. The molecule has 0 radical (unpaired) electrons. The summed E-state index contributed by atoms with van der Waals surface area (Å²) >= 11 is 8.93. The van der Waals surface area contributed by atoms with Crippen LogP contribution in [-0.4, -0.2) is 12.1 Å². The van der Waals surface area contributed by atoms with Crippen LogP contribution in [0, 0.1) is 5.82 Å². The van der Waals surface area contributed by atoms with Crippen LogP contribution in [0.15, 0.2) is 16.6 Å². The molecule has 0 bridgehead atoms. The summed E-state index contributed by atoms with van der Waals surface area (Å²) < 4.78 is 13.3. The number of nitrogens with one attached hydrogen (secondary N) is 2. The smallest absolute Gasteiger partial charge is 0.319 e. The molecule has 2 amide bonds. The van der Waals surface area contributed by atoms with E-state index in [-0.39, 0.29) is 17.1 Å². The van der Waals surface area contributed by atoms with Gasteiger partial charge in [0.15, 0.2) is 0 Å². The van der Waals surface area contributed by atoms with Crippen LogP contribution in [0.3, 0.4) is 0 Å². The van der Waals surface area contributed by atoms with Gasteiger partial charge in [-0.25, -0.2) is 9.18 Å². The van der Waals surface area contributed by atoms with Gasteiger partial charge in [0, 0.05) is 10.5 Å². The molecule has 0 fully saturated rings. The summed E-state index contributed by atoms with van der Waals surface area (Å²) in [5.74, 6) is -0.466. The normalized spacial score (nSPS) is 10.4. The number of carbonyl (C=O) groups is 1. The fourth-order valence-electron chi connectivity index (χ4n) is 1.07. The number of amides is 2. The van der Waals surface area contributed by atoms with Gasteiger partial charge in [0.25, 0.3) is 0 Å². The molecule has 0 aromatic heterocycles. The van der Waals surface area contributed by atoms with Crippen molar-refractivity contribution in [3.63, 3.8) is 0 Å². The molecule has 0 saturated carbocycles. The Balaban J connectivity index is 2.85. The number of halogens is 3. The summed E-state index contributed by atoms with van der Waals surface area (Å²) in [6.07, 6.45) is 0. The fourth-order valence-corrected chi connectivity index (χ4v) is 1.97. The zero-order valence-electron chi connectivity index (χ0n) is 8.77. The van der Waals surface area contributed by atoms with Crippen LogP contribution in [0.2, 0.25) is 5.02 Å². The highest BCUT2D eigenvalue weighted by molar-refractivity contribution is 9.10. The zero-order valence-corrected chi connectivity index (χ0v) is 11.1. The number of hydrogen-bond donors (Lipinski definition) is 2. The third kappa shape index (κ3) is 3.64. The van der Waals surface area contributed by atoms with E-state index in [0.29, 0.717) is 10.2 Å². The molecule has 1 aromatic carbocycles. The van der Waals surface area contributed by atoms with Crippen LogP contribution < -0.4 is 10.6 Å². The first-order valence-electron chi connectivity index (χ1n) is 4.62. The van der Waals surface area contributed by atoms with Gasteiger partial charge in [0.1, 0.15) is 5.82 Å². The van der Waals surface area contributed by atoms with Gasteiger partial charge in [-0.2, -0.15) is 0 Å². The highest BCUT2D eigenvalue weighted by Crippen LogP contribution is 2.31. The Kier molecular flexibility index (Phi) is 4.56. The minimum absolute atomic E-state index is 0.0120. The number of hydrogen-bond acceptors (Lipinski definition) is 1. The molecule has 0 aliphatic carbocycles. The maximum Gasteiger partial charge on any atom is 0.319 e. The van der Waals surface area contributed by atoms with E-state index in [4.69, 9.17) is 11.6 Å². The monoisotopic (exact) mass is 308 g/mol. The molecule has 0 atom stereocenters. The molecule has 0 aliphatic heterocycles.